The van der Waals surface area contributed by atoms with E-state index < -0.39 is 26.6 Å². The fourth-order valence-corrected chi connectivity index (χ4v) is 4.64. The van der Waals surface area contributed by atoms with Gasteiger partial charge in [-0.1, -0.05) is 0 Å². The van der Waals surface area contributed by atoms with E-state index in [0.717, 1.165) is 11.1 Å². The van der Waals surface area contributed by atoms with Crippen molar-refractivity contribution in [3.63, 3.8) is 0 Å². The van der Waals surface area contributed by atoms with Crippen LogP contribution in [0.3, 0.4) is 0 Å². The zero-order chi connectivity index (χ0) is 17.3. The Labute approximate surface area is 132 Å². The first-order chi connectivity index (χ1) is 10.5. The fourth-order valence-electron chi connectivity index (χ4n) is 2.00. The molecule has 124 valence electrons. The number of nitrogens with zero attached hydrogens (tertiary/aromatic N) is 2. The highest BCUT2D eigenvalue weighted by Gasteiger charge is 2.54. The molecule has 23 heavy (non-hydrogen) atoms. The second-order valence-corrected chi connectivity index (χ2v) is 9.80. The molecule has 0 aliphatic rings. The Balaban J connectivity index is 2.33. The third-order valence-electron chi connectivity index (χ3n) is 3.42. The molecule has 0 aliphatic carbocycles. The molecule has 8 nitrogen and oxygen atoms in total. The van der Waals surface area contributed by atoms with E-state index in [0.29, 0.717) is 6.66 Å². The third-order valence-corrected chi connectivity index (χ3v) is 7.80. The number of hydrogen-bond acceptors (Lipinski definition) is 5. The molecule has 2 rings (SSSR count). The van der Waals surface area contributed by atoms with Crippen LogP contribution in [0.15, 0.2) is 49.1 Å². The summed E-state index contributed by atoms with van der Waals surface area (Å²) in [4.78, 5) is 34.0. The predicted molar refractivity (Wildman–Crippen MR) is 80.4 cm³/mol. The Morgan fingerprint density at radius 3 is 2.04 bits per heavy atom. The lowest BCUT2D eigenvalue weighted by Crippen LogP contribution is -2.48. The van der Waals surface area contributed by atoms with Gasteiger partial charge in [0.2, 0.25) is 7.37 Å². The molecule has 0 saturated carbocycles. The van der Waals surface area contributed by atoms with Crippen LogP contribution in [0, 0.1) is 0 Å². The Morgan fingerprint density at radius 1 is 1.13 bits per heavy atom. The van der Waals surface area contributed by atoms with E-state index in [2.05, 4.69) is 4.98 Å². The Bertz CT molecular complexity index is 747. The lowest BCUT2D eigenvalue weighted by molar-refractivity contribution is -0.703. The van der Waals surface area contributed by atoms with Crippen molar-refractivity contribution in [1.29, 1.82) is 0 Å². The number of hydrogen-bond donors (Lipinski definition) is 3. The van der Waals surface area contributed by atoms with Gasteiger partial charge in [0.05, 0.1) is 0 Å². The van der Waals surface area contributed by atoms with Gasteiger partial charge in [-0.05, 0) is 23.3 Å². The molecule has 10 heteroatoms. The summed E-state index contributed by atoms with van der Waals surface area (Å²) in [7, 11) is -10.0. The highest BCUT2D eigenvalue weighted by Crippen LogP contribution is 2.65. The lowest BCUT2D eigenvalue weighted by atomic mass is 10.1. The van der Waals surface area contributed by atoms with E-state index in [9.17, 15) is 24.0 Å². The summed E-state index contributed by atoms with van der Waals surface area (Å²) in [5.74, 6) is 0. The molecule has 2 aromatic rings. The summed E-state index contributed by atoms with van der Waals surface area (Å²) in [5, 5.41) is 6.91. The van der Waals surface area contributed by atoms with Crippen LogP contribution in [0.2, 0.25) is 0 Å². The minimum atomic E-state index is -5.48. The molecule has 0 bridgehead atoms. The molecule has 0 radical (unpaired) electrons. The van der Waals surface area contributed by atoms with E-state index in [4.69, 9.17) is 4.89 Å². The van der Waals surface area contributed by atoms with Gasteiger partial charge in [-0.15, -0.1) is 0 Å². The van der Waals surface area contributed by atoms with Crippen LogP contribution in [0.4, 0.5) is 0 Å². The average molecular weight is 358 g/mol. The second kappa shape index (κ2) is 6.24. The molecule has 0 spiro atoms. The average Bonchev–Trinajstić information content (AvgIpc) is 2.46. The van der Waals surface area contributed by atoms with Crippen LogP contribution >= 0.6 is 15.0 Å². The molecule has 3 atom stereocenters. The van der Waals surface area contributed by atoms with Gasteiger partial charge in [0.25, 0.3) is 5.08 Å². The van der Waals surface area contributed by atoms with E-state index >= 15 is 0 Å². The smallest absolute Gasteiger partial charge is 0.263 e. The first-order valence-corrected chi connectivity index (χ1v) is 10.2. The van der Waals surface area contributed by atoms with Crippen LogP contribution in [-0.4, -0.2) is 31.6 Å². The fraction of sp³-hybridized carbons (Fsp3) is 0.231. The maximum Gasteiger partial charge on any atom is 0.263 e. The van der Waals surface area contributed by atoms with Crippen molar-refractivity contribution in [2.75, 3.05) is 6.66 Å². The van der Waals surface area contributed by atoms with Gasteiger partial charge in [0, 0.05) is 31.2 Å². The van der Waals surface area contributed by atoms with E-state index in [1.807, 2.05) is 0 Å². The van der Waals surface area contributed by atoms with Gasteiger partial charge >= 0.3 is 0 Å². The van der Waals surface area contributed by atoms with Gasteiger partial charge in [-0.25, -0.2) is 4.57 Å². The van der Waals surface area contributed by atoms with Crippen molar-refractivity contribution in [2.45, 2.75) is 11.6 Å². The van der Waals surface area contributed by atoms with Gasteiger partial charge in [0.1, 0.15) is 0 Å². The number of aliphatic hydroxyl groups is 1. The first-order valence-electron chi connectivity index (χ1n) is 6.51. The normalized spacial score (nSPS) is 19.3. The number of pyridine rings is 2. The Kier molecular flexibility index (Phi) is 4.87. The van der Waals surface area contributed by atoms with Crippen LogP contribution in [0.25, 0.3) is 11.1 Å². The molecular weight excluding hydrogens is 342 g/mol. The van der Waals surface area contributed by atoms with E-state index in [-0.39, 0.29) is 0 Å². The zero-order valence-corrected chi connectivity index (χ0v) is 14.0. The maximum atomic E-state index is 11.7. The Hall–Kier alpha value is -1.40. The molecule has 3 N–H and O–H groups in total. The summed E-state index contributed by atoms with van der Waals surface area (Å²) >= 11 is 0. The largest absolute Gasteiger partial charge is 0.776 e. The molecule has 0 aromatic carbocycles. The van der Waals surface area contributed by atoms with E-state index in [1.54, 1.807) is 36.7 Å². The maximum absolute atomic E-state index is 11.7. The quantitative estimate of drug-likeness (QED) is 0.511. The summed E-state index contributed by atoms with van der Waals surface area (Å²) in [6.07, 6.45) is 6.11. The van der Waals surface area contributed by atoms with Crippen LogP contribution in [0.5, 0.6) is 0 Å². The Morgan fingerprint density at radius 2 is 1.61 bits per heavy atom. The predicted octanol–water partition coefficient (Wildman–Crippen LogP) is 0.128. The molecule has 0 saturated heterocycles. The topological polar surface area (TPSA) is 135 Å². The minimum absolute atomic E-state index is 0.680. The molecule has 0 aliphatic heterocycles. The molecule has 2 aromatic heterocycles. The minimum Gasteiger partial charge on any atom is -0.776 e. The molecule has 2 heterocycles. The summed E-state index contributed by atoms with van der Waals surface area (Å²) in [5.41, 5.74) is 1.69. The SMILES string of the molecule is CP(=O)(O)C(O)(C[n+]1ccc(-c2ccncc2)cc1)P(=O)([O-])O. The van der Waals surface area contributed by atoms with Crippen molar-refractivity contribution in [3.05, 3.63) is 49.1 Å². The highest BCUT2D eigenvalue weighted by atomic mass is 31.2. The highest BCUT2D eigenvalue weighted by molar-refractivity contribution is 7.74. The summed E-state index contributed by atoms with van der Waals surface area (Å²) in [6.45, 7) is -0.0924. The molecule has 0 amide bonds. The van der Waals surface area contributed by atoms with Crippen molar-refractivity contribution in [1.82, 2.24) is 4.98 Å². The zero-order valence-electron chi connectivity index (χ0n) is 12.2. The monoisotopic (exact) mass is 358 g/mol. The first kappa shape index (κ1) is 17.9. The molecule has 3 unspecified atom stereocenters. The van der Waals surface area contributed by atoms with E-state index in [1.165, 1.54) is 17.0 Å². The van der Waals surface area contributed by atoms with Crippen molar-refractivity contribution in [3.8, 4) is 11.1 Å². The van der Waals surface area contributed by atoms with Crippen LogP contribution < -0.4 is 9.46 Å². The van der Waals surface area contributed by atoms with Crippen LogP contribution in [0.1, 0.15) is 0 Å². The van der Waals surface area contributed by atoms with Crippen molar-refractivity contribution in [2.24, 2.45) is 0 Å². The molecule has 0 fully saturated rings. The van der Waals surface area contributed by atoms with Gasteiger partial charge in [-0.3, -0.25) is 9.55 Å². The summed E-state index contributed by atoms with van der Waals surface area (Å²) < 4.78 is 24.3. The third kappa shape index (κ3) is 3.75. The van der Waals surface area contributed by atoms with Gasteiger partial charge in [0.15, 0.2) is 26.5 Å². The second-order valence-electron chi connectivity index (χ2n) is 5.17. The number of aromatic nitrogens is 2. The lowest BCUT2D eigenvalue weighted by Gasteiger charge is -2.35. The van der Waals surface area contributed by atoms with Crippen molar-refractivity contribution < 1.29 is 33.5 Å². The van der Waals surface area contributed by atoms with Crippen molar-refractivity contribution >= 4 is 15.0 Å². The molecular formula is C13H16N2O6P2. The van der Waals surface area contributed by atoms with Gasteiger partial charge < -0.3 is 24.4 Å². The number of rotatable bonds is 5. The standard InChI is InChI=1S/C13H16N2O6P2/c1-22(17,18)13(16,23(19,20)21)10-15-8-4-12(5-9-15)11-2-6-14-7-3-11/h2-9,16H,10H2,1H3,(H2-,17,18,19,20,21). The van der Waals surface area contributed by atoms with Gasteiger partial charge in [-0.2, -0.15) is 0 Å². The van der Waals surface area contributed by atoms with Crippen LogP contribution in [-0.2, 0) is 15.7 Å². The summed E-state index contributed by atoms with van der Waals surface area (Å²) in [6, 6.07) is 6.84.